The zero-order valence-corrected chi connectivity index (χ0v) is 15.9. The maximum atomic E-state index is 12.7. The van der Waals surface area contributed by atoms with Crippen LogP contribution >= 0.6 is 0 Å². The molecule has 0 bridgehead atoms. The van der Waals surface area contributed by atoms with Crippen LogP contribution in [0.1, 0.15) is 23.0 Å². The number of carbonyl (C=O) groups excluding carboxylic acids is 1. The number of amides is 1. The average Bonchev–Trinajstić information content (AvgIpc) is 3.44. The number of ether oxygens (including phenoxy) is 1. The van der Waals surface area contributed by atoms with Crippen LogP contribution in [-0.2, 0) is 0 Å². The van der Waals surface area contributed by atoms with Gasteiger partial charge in [-0.15, -0.1) is 0 Å². The molecule has 0 atom stereocenters. The van der Waals surface area contributed by atoms with Gasteiger partial charge in [-0.05, 0) is 25.1 Å². The summed E-state index contributed by atoms with van der Waals surface area (Å²) in [6, 6.07) is 8.92. The molecule has 0 spiro atoms. The van der Waals surface area contributed by atoms with E-state index in [1.54, 1.807) is 29.2 Å². The molecular formula is C20H19N5O4. The van der Waals surface area contributed by atoms with Gasteiger partial charge in [0.2, 0.25) is 17.5 Å². The van der Waals surface area contributed by atoms with E-state index < -0.39 is 0 Å². The predicted octanol–water partition coefficient (Wildman–Crippen LogP) is 2.56. The first kappa shape index (κ1) is 18.6. The highest BCUT2D eigenvalue weighted by molar-refractivity contribution is 5.94. The number of oxazole rings is 1. The maximum Gasteiger partial charge on any atom is 0.266 e. The highest BCUT2D eigenvalue weighted by atomic mass is 16.5. The van der Waals surface area contributed by atoms with Gasteiger partial charge >= 0.3 is 0 Å². The maximum absolute atomic E-state index is 12.7. The van der Waals surface area contributed by atoms with Crippen molar-refractivity contribution in [3.8, 4) is 23.6 Å². The summed E-state index contributed by atoms with van der Waals surface area (Å²) in [6.45, 7) is 4.44. The lowest BCUT2D eigenvalue weighted by atomic mass is 10.2. The Hall–Kier alpha value is -3.80. The number of hydrogen-bond donors (Lipinski definition) is 0. The van der Waals surface area contributed by atoms with Crippen molar-refractivity contribution in [2.24, 2.45) is 0 Å². The van der Waals surface area contributed by atoms with Gasteiger partial charge in [0.15, 0.2) is 5.76 Å². The number of anilines is 1. The van der Waals surface area contributed by atoms with Crippen LogP contribution < -0.4 is 9.64 Å². The molecule has 1 aliphatic heterocycles. The van der Waals surface area contributed by atoms with Gasteiger partial charge in [-0.3, -0.25) is 4.79 Å². The molecule has 3 aromatic heterocycles. The van der Waals surface area contributed by atoms with Crippen molar-refractivity contribution in [2.45, 2.75) is 6.92 Å². The van der Waals surface area contributed by atoms with Gasteiger partial charge in [-0.25, -0.2) is 4.98 Å². The Morgan fingerprint density at radius 1 is 1.28 bits per heavy atom. The second-order valence-corrected chi connectivity index (χ2v) is 6.36. The van der Waals surface area contributed by atoms with Crippen LogP contribution in [0.5, 0.6) is 5.88 Å². The van der Waals surface area contributed by atoms with Crippen LogP contribution in [0.15, 0.2) is 45.6 Å². The second kappa shape index (κ2) is 8.06. The molecule has 1 fully saturated rings. The van der Waals surface area contributed by atoms with E-state index in [4.69, 9.17) is 13.6 Å². The van der Waals surface area contributed by atoms with Gasteiger partial charge in [0.1, 0.15) is 6.07 Å². The summed E-state index contributed by atoms with van der Waals surface area (Å²) in [5.74, 6) is 1.53. The summed E-state index contributed by atoms with van der Waals surface area (Å²) in [5.41, 5.74) is 0.714. The lowest BCUT2D eigenvalue weighted by molar-refractivity contribution is 0.0745. The molecule has 0 aromatic carbocycles. The molecule has 0 saturated carbocycles. The van der Waals surface area contributed by atoms with Gasteiger partial charge in [-0.2, -0.15) is 10.2 Å². The molecule has 0 radical (unpaired) electrons. The van der Waals surface area contributed by atoms with Gasteiger partial charge in [-0.1, -0.05) is 0 Å². The molecule has 4 heterocycles. The minimum absolute atomic E-state index is 0.0884. The first-order valence-corrected chi connectivity index (χ1v) is 9.27. The number of piperazine rings is 1. The van der Waals surface area contributed by atoms with Gasteiger partial charge in [0.25, 0.3) is 11.8 Å². The molecule has 1 aliphatic rings. The van der Waals surface area contributed by atoms with Crippen molar-refractivity contribution in [3.63, 3.8) is 0 Å². The largest absolute Gasteiger partial charge is 0.478 e. The quantitative estimate of drug-likeness (QED) is 0.651. The minimum Gasteiger partial charge on any atom is -0.478 e. The third kappa shape index (κ3) is 3.78. The third-order valence-electron chi connectivity index (χ3n) is 4.58. The summed E-state index contributed by atoms with van der Waals surface area (Å²) < 4.78 is 16.4. The number of pyridine rings is 1. The van der Waals surface area contributed by atoms with Crippen LogP contribution in [0, 0.1) is 11.3 Å². The molecule has 4 rings (SSSR count). The monoisotopic (exact) mass is 393 g/mol. The zero-order chi connectivity index (χ0) is 20.2. The lowest BCUT2D eigenvalue weighted by Gasteiger charge is -2.34. The Kier molecular flexibility index (Phi) is 5.16. The van der Waals surface area contributed by atoms with Crippen LogP contribution in [0.4, 0.5) is 5.88 Å². The van der Waals surface area contributed by atoms with Crippen molar-refractivity contribution in [2.75, 3.05) is 37.7 Å². The molecule has 0 N–H and O–H groups in total. The summed E-state index contributed by atoms with van der Waals surface area (Å²) in [5, 5.41) is 9.40. The van der Waals surface area contributed by atoms with E-state index in [-0.39, 0.29) is 17.5 Å². The molecule has 0 aliphatic carbocycles. The van der Waals surface area contributed by atoms with E-state index in [0.29, 0.717) is 55.9 Å². The Labute approximate surface area is 167 Å². The minimum atomic E-state index is -0.0884. The predicted molar refractivity (Wildman–Crippen MR) is 102 cm³/mol. The zero-order valence-electron chi connectivity index (χ0n) is 15.9. The Morgan fingerprint density at radius 2 is 2.10 bits per heavy atom. The molecule has 1 saturated heterocycles. The van der Waals surface area contributed by atoms with Crippen molar-refractivity contribution in [1.29, 1.82) is 5.26 Å². The van der Waals surface area contributed by atoms with E-state index in [9.17, 15) is 10.1 Å². The number of hydrogen-bond acceptors (Lipinski definition) is 8. The molecule has 3 aromatic rings. The number of aromatic nitrogens is 2. The van der Waals surface area contributed by atoms with Crippen molar-refractivity contribution in [3.05, 3.63) is 48.0 Å². The Bertz CT molecular complexity index is 1010. The number of nitriles is 1. The standard InChI is InChI=1S/C20H19N5O4/c1-2-27-17-6-5-14(13-22-17)19(26)24-7-9-25(10-8-24)20-15(12-21)23-18(29-20)16-4-3-11-28-16/h3-6,11,13H,2,7-10H2,1H3. The van der Waals surface area contributed by atoms with Crippen LogP contribution in [-0.4, -0.2) is 53.6 Å². The van der Waals surface area contributed by atoms with Crippen molar-refractivity contribution < 1.29 is 18.4 Å². The number of nitrogens with zero attached hydrogens (tertiary/aromatic N) is 5. The first-order chi connectivity index (χ1) is 14.2. The van der Waals surface area contributed by atoms with E-state index in [1.165, 1.54) is 12.5 Å². The van der Waals surface area contributed by atoms with Crippen LogP contribution in [0.3, 0.4) is 0 Å². The van der Waals surface area contributed by atoms with Gasteiger partial charge in [0.05, 0.1) is 18.4 Å². The number of rotatable bonds is 5. The molecule has 0 unspecified atom stereocenters. The smallest absolute Gasteiger partial charge is 0.266 e. The Balaban J connectivity index is 1.43. The lowest BCUT2D eigenvalue weighted by Crippen LogP contribution is -2.48. The second-order valence-electron chi connectivity index (χ2n) is 6.36. The fraction of sp³-hybridized carbons (Fsp3) is 0.300. The molecule has 1 amide bonds. The average molecular weight is 393 g/mol. The van der Waals surface area contributed by atoms with Crippen molar-refractivity contribution >= 4 is 11.8 Å². The summed E-state index contributed by atoms with van der Waals surface area (Å²) in [4.78, 5) is 24.7. The van der Waals surface area contributed by atoms with Crippen LogP contribution in [0.2, 0.25) is 0 Å². The normalized spacial score (nSPS) is 13.9. The fourth-order valence-corrected chi connectivity index (χ4v) is 3.14. The molecule has 9 nitrogen and oxygen atoms in total. The Morgan fingerprint density at radius 3 is 2.72 bits per heavy atom. The molecule has 29 heavy (non-hydrogen) atoms. The highest BCUT2D eigenvalue weighted by Gasteiger charge is 2.27. The van der Waals surface area contributed by atoms with Crippen LogP contribution in [0.25, 0.3) is 11.7 Å². The summed E-state index contributed by atoms with van der Waals surface area (Å²) in [6.07, 6.45) is 3.05. The summed E-state index contributed by atoms with van der Waals surface area (Å²) >= 11 is 0. The van der Waals surface area contributed by atoms with E-state index >= 15 is 0 Å². The molecule has 148 valence electrons. The van der Waals surface area contributed by atoms with Gasteiger partial charge < -0.3 is 23.4 Å². The SMILES string of the molecule is CCOc1ccc(C(=O)N2CCN(c3oc(-c4ccco4)nc3C#N)CC2)cn1. The molecule has 9 heteroatoms. The van der Waals surface area contributed by atoms with Gasteiger partial charge in [0, 0.05) is 38.4 Å². The number of furan rings is 1. The summed E-state index contributed by atoms with van der Waals surface area (Å²) in [7, 11) is 0. The number of carbonyl (C=O) groups is 1. The third-order valence-corrected chi connectivity index (χ3v) is 4.58. The van der Waals surface area contributed by atoms with E-state index in [2.05, 4.69) is 16.0 Å². The topological polar surface area (TPSA) is 109 Å². The molecular weight excluding hydrogens is 374 g/mol. The first-order valence-electron chi connectivity index (χ1n) is 9.27. The van der Waals surface area contributed by atoms with Crippen molar-refractivity contribution in [1.82, 2.24) is 14.9 Å². The van der Waals surface area contributed by atoms with E-state index in [1.807, 2.05) is 11.8 Å². The van der Waals surface area contributed by atoms with E-state index in [0.717, 1.165) is 0 Å². The highest BCUT2D eigenvalue weighted by Crippen LogP contribution is 2.29. The fourth-order valence-electron chi connectivity index (χ4n) is 3.14.